The van der Waals surface area contributed by atoms with Gasteiger partial charge in [-0.2, -0.15) is 0 Å². The first-order chi connectivity index (χ1) is 10.6. The molecule has 1 aromatic carbocycles. The minimum atomic E-state index is -0.0320. The van der Waals surface area contributed by atoms with Crippen LogP contribution >= 0.6 is 11.8 Å². The number of rotatable bonds is 7. The Bertz CT molecular complexity index is 524. The first kappa shape index (κ1) is 17.0. The fourth-order valence-corrected chi connectivity index (χ4v) is 3.93. The third-order valence-corrected chi connectivity index (χ3v) is 5.15. The van der Waals surface area contributed by atoms with E-state index in [1.54, 1.807) is 26.0 Å². The molecule has 0 spiro atoms. The molecule has 5 nitrogen and oxygen atoms in total. The molecule has 0 aromatic heterocycles. The van der Waals surface area contributed by atoms with Crippen molar-refractivity contribution in [3.63, 3.8) is 0 Å². The van der Waals surface area contributed by atoms with Gasteiger partial charge in [0.2, 0.25) is 5.91 Å². The van der Waals surface area contributed by atoms with Crippen molar-refractivity contribution in [3.05, 3.63) is 23.8 Å². The maximum absolute atomic E-state index is 12.4. The van der Waals surface area contributed by atoms with E-state index in [-0.39, 0.29) is 16.5 Å². The van der Waals surface area contributed by atoms with E-state index in [1.165, 1.54) is 0 Å². The molecule has 0 saturated carbocycles. The summed E-state index contributed by atoms with van der Waals surface area (Å²) in [6.07, 6.45) is 0.929. The molecule has 1 fully saturated rings. The molecule has 2 rings (SSSR count). The lowest BCUT2D eigenvalue weighted by Crippen LogP contribution is -2.32. The number of amides is 1. The SMILES string of the molecule is CNCCCN1C(=O)[C@H](C)S[C@@H]1c1cc(OC)ccc1OC. The topological polar surface area (TPSA) is 50.8 Å². The fraction of sp³-hybridized carbons (Fsp3) is 0.562. The minimum Gasteiger partial charge on any atom is -0.497 e. The van der Waals surface area contributed by atoms with Crippen LogP contribution in [0.3, 0.4) is 0 Å². The summed E-state index contributed by atoms with van der Waals surface area (Å²) in [4.78, 5) is 14.4. The third kappa shape index (κ3) is 3.50. The summed E-state index contributed by atoms with van der Waals surface area (Å²) in [6, 6.07) is 5.74. The standard InChI is InChI=1S/C16H24N2O3S/c1-11-15(19)18(9-5-8-17-2)16(22-11)13-10-12(20-3)6-7-14(13)21-4/h6-7,10-11,16-17H,5,8-9H2,1-4H3/t11-,16+/m0/s1. The second-order valence-electron chi connectivity index (χ2n) is 5.23. The van der Waals surface area contributed by atoms with Gasteiger partial charge in [-0.05, 0) is 45.1 Å². The number of ether oxygens (including phenoxy) is 2. The largest absolute Gasteiger partial charge is 0.497 e. The van der Waals surface area contributed by atoms with E-state index >= 15 is 0 Å². The van der Waals surface area contributed by atoms with Crippen molar-refractivity contribution in [2.24, 2.45) is 0 Å². The zero-order valence-electron chi connectivity index (χ0n) is 13.6. The first-order valence-corrected chi connectivity index (χ1v) is 8.39. The van der Waals surface area contributed by atoms with E-state index in [4.69, 9.17) is 9.47 Å². The molecule has 2 atom stereocenters. The van der Waals surface area contributed by atoms with Gasteiger partial charge in [0.1, 0.15) is 16.9 Å². The Kier molecular flexibility index (Phi) is 5.97. The number of carbonyl (C=O) groups is 1. The molecule has 1 aliphatic heterocycles. The van der Waals surface area contributed by atoms with Gasteiger partial charge < -0.3 is 19.7 Å². The van der Waals surface area contributed by atoms with Crippen molar-refractivity contribution in [1.82, 2.24) is 10.2 Å². The van der Waals surface area contributed by atoms with E-state index < -0.39 is 0 Å². The quantitative estimate of drug-likeness (QED) is 0.780. The highest BCUT2D eigenvalue weighted by Crippen LogP contribution is 2.46. The van der Waals surface area contributed by atoms with Gasteiger partial charge in [0, 0.05) is 12.1 Å². The second-order valence-corrected chi connectivity index (χ2v) is 6.65. The lowest BCUT2D eigenvalue weighted by Gasteiger charge is -2.25. The molecule has 0 aliphatic carbocycles. The maximum Gasteiger partial charge on any atom is 0.236 e. The minimum absolute atomic E-state index is 0.0237. The molecule has 0 radical (unpaired) electrons. The van der Waals surface area contributed by atoms with Crippen molar-refractivity contribution in [3.8, 4) is 11.5 Å². The van der Waals surface area contributed by atoms with Crippen LogP contribution in [-0.2, 0) is 4.79 Å². The average Bonchev–Trinajstić information content (AvgIpc) is 2.82. The van der Waals surface area contributed by atoms with E-state index in [0.717, 1.165) is 36.6 Å². The van der Waals surface area contributed by atoms with Gasteiger partial charge in [-0.1, -0.05) is 0 Å². The fourth-order valence-electron chi connectivity index (χ4n) is 2.60. The van der Waals surface area contributed by atoms with Crippen LogP contribution in [-0.4, -0.2) is 50.4 Å². The molecule has 1 heterocycles. The highest BCUT2D eigenvalue weighted by molar-refractivity contribution is 8.01. The molecule has 6 heteroatoms. The summed E-state index contributed by atoms with van der Waals surface area (Å²) in [5, 5.41) is 3.07. The molecule has 122 valence electrons. The van der Waals surface area contributed by atoms with Gasteiger partial charge in [-0.15, -0.1) is 11.8 Å². The van der Waals surface area contributed by atoms with Crippen LogP contribution in [0, 0.1) is 0 Å². The molecule has 1 saturated heterocycles. The zero-order valence-corrected chi connectivity index (χ0v) is 14.4. The Balaban J connectivity index is 2.29. The molecular weight excluding hydrogens is 300 g/mol. The molecule has 1 N–H and O–H groups in total. The van der Waals surface area contributed by atoms with Crippen LogP contribution < -0.4 is 14.8 Å². The van der Waals surface area contributed by atoms with Crippen LogP contribution in [0.1, 0.15) is 24.3 Å². The predicted molar refractivity (Wildman–Crippen MR) is 89.6 cm³/mol. The van der Waals surface area contributed by atoms with Gasteiger partial charge in [-0.25, -0.2) is 0 Å². The van der Waals surface area contributed by atoms with Crippen LogP contribution in [0.4, 0.5) is 0 Å². The van der Waals surface area contributed by atoms with Gasteiger partial charge in [0.05, 0.1) is 19.5 Å². The number of nitrogens with zero attached hydrogens (tertiary/aromatic N) is 1. The Hall–Kier alpha value is -1.40. The monoisotopic (exact) mass is 324 g/mol. The Morgan fingerprint density at radius 3 is 2.73 bits per heavy atom. The summed E-state index contributed by atoms with van der Waals surface area (Å²) in [7, 11) is 5.22. The predicted octanol–water partition coefficient (Wildman–Crippen LogP) is 2.28. The van der Waals surface area contributed by atoms with E-state index in [2.05, 4.69) is 5.32 Å². The van der Waals surface area contributed by atoms with Crippen molar-refractivity contribution < 1.29 is 14.3 Å². The van der Waals surface area contributed by atoms with Crippen molar-refractivity contribution >= 4 is 17.7 Å². The van der Waals surface area contributed by atoms with Crippen molar-refractivity contribution in [2.75, 3.05) is 34.4 Å². The first-order valence-electron chi connectivity index (χ1n) is 7.44. The lowest BCUT2D eigenvalue weighted by molar-refractivity contribution is -0.129. The normalized spacial score (nSPS) is 21.3. The number of hydrogen-bond acceptors (Lipinski definition) is 5. The highest BCUT2D eigenvalue weighted by Gasteiger charge is 2.39. The number of methoxy groups -OCH3 is 2. The van der Waals surface area contributed by atoms with Crippen LogP contribution in [0.15, 0.2) is 18.2 Å². The smallest absolute Gasteiger partial charge is 0.236 e. The average molecular weight is 324 g/mol. The molecule has 1 aromatic rings. The van der Waals surface area contributed by atoms with E-state index in [0.29, 0.717) is 0 Å². The van der Waals surface area contributed by atoms with Crippen LogP contribution in [0.2, 0.25) is 0 Å². The van der Waals surface area contributed by atoms with Crippen LogP contribution in [0.5, 0.6) is 11.5 Å². The molecule has 22 heavy (non-hydrogen) atoms. The Morgan fingerprint density at radius 1 is 1.32 bits per heavy atom. The molecule has 0 bridgehead atoms. The van der Waals surface area contributed by atoms with Crippen molar-refractivity contribution in [1.29, 1.82) is 0 Å². The number of hydrogen-bond donors (Lipinski definition) is 1. The summed E-state index contributed by atoms with van der Waals surface area (Å²) >= 11 is 1.66. The summed E-state index contributed by atoms with van der Waals surface area (Å²) in [5.41, 5.74) is 0.994. The second kappa shape index (κ2) is 7.74. The van der Waals surface area contributed by atoms with Gasteiger partial charge in [0.15, 0.2) is 0 Å². The molecule has 0 unspecified atom stereocenters. The number of benzene rings is 1. The van der Waals surface area contributed by atoms with Gasteiger partial charge >= 0.3 is 0 Å². The van der Waals surface area contributed by atoms with E-state index in [9.17, 15) is 4.79 Å². The Labute approximate surface area is 136 Å². The molecule has 1 amide bonds. The van der Waals surface area contributed by atoms with Crippen molar-refractivity contribution in [2.45, 2.75) is 24.0 Å². The Morgan fingerprint density at radius 2 is 2.09 bits per heavy atom. The highest BCUT2D eigenvalue weighted by atomic mass is 32.2. The molecule has 1 aliphatic rings. The number of nitrogens with one attached hydrogen (secondary N) is 1. The lowest BCUT2D eigenvalue weighted by atomic mass is 10.1. The summed E-state index contributed by atoms with van der Waals surface area (Å²) in [5.74, 6) is 1.76. The summed E-state index contributed by atoms with van der Waals surface area (Å²) in [6.45, 7) is 3.59. The molecular formula is C16H24N2O3S. The number of thioether (sulfide) groups is 1. The zero-order chi connectivity index (χ0) is 16.1. The van der Waals surface area contributed by atoms with Gasteiger partial charge in [0.25, 0.3) is 0 Å². The summed E-state index contributed by atoms with van der Waals surface area (Å²) < 4.78 is 10.8. The van der Waals surface area contributed by atoms with E-state index in [1.807, 2.05) is 37.1 Å². The van der Waals surface area contributed by atoms with Gasteiger partial charge in [-0.3, -0.25) is 4.79 Å². The van der Waals surface area contributed by atoms with Crippen LogP contribution in [0.25, 0.3) is 0 Å². The maximum atomic E-state index is 12.4. The number of carbonyl (C=O) groups excluding carboxylic acids is 1. The third-order valence-electron chi connectivity index (χ3n) is 3.78.